The van der Waals surface area contributed by atoms with Gasteiger partial charge < -0.3 is 86.4 Å². The highest BCUT2D eigenvalue weighted by Crippen LogP contribution is 2.58. The van der Waals surface area contributed by atoms with Crippen molar-refractivity contribution in [3.05, 3.63) is 24.3 Å². The Labute approximate surface area is 463 Å². The lowest BCUT2D eigenvalue weighted by Gasteiger charge is -2.50. The molecule has 0 saturated carbocycles. The lowest BCUT2D eigenvalue weighted by Crippen LogP contribution is -2.62. The van der Waals surface area contributed by atoms with E-state index in [1.54, 1.807) is 0 Å². The first-order valence-electron chi connectivity index (χ1n) is 30.8. The van der Waals surface area contributed by atoms with Crippen molar-refractivity contribution in [1.82, 2.24) is 0 Å². The van der Waals surface area contributed by atoms with Crippen LogP contribution in [0.1, 0.15) is 143 Å². The second-order valence-corrected chi connectivity index (χ2v) is 27.5. The van der Waals surface area contributed by atoms with Crippen molar-refractivity contribution in [3.8, 4) is 0 Å². The first kappa shape index (κ1) is 54.0. The van der Waals surface area contributed by atoms with Crippen molar-refractivity contribution in [2.45, 2.75) is 313 Å². The lowest BCUT2D eigenvalue weighted by molar-refractivity contribution is -0.347. The molecule has 0 radical (unpaired) electrons. The first-order chi connectivity index (χ1) is 38.0. The third-order valence-electron chi connectivity index (χ3n) is 21.9. The molecule has 32 atom stereocenters. The zero-order chi connectivity index (χ0) is 54.0. The maximum atomic E-state index is 14.6. The molecule has 0 aromatic heterocycles. The van der Waals surface area contributed by atoms with Crippen LogP contribution in [0, 0.1) is 23.7 Å². The minimum absolute atomic E-state index is 0.0143. The zero-order valence-electron chi connectivity index (χ0n) is 46.5. The van der Waals surface area contributed by atoms with Crippen LogP contribution < -0.4 is 0 Å². The second kappa shape index (κ2) is 20.2. The second-order valence-electron chi connectivity index (χ2n) is 27.5. The molecule has 16 aliphatic rings. The Balaban J connectivity index is 0.655. The van der Waals surface area contributed by atoms with Gasteiger partial charge in [-0.05, 0) is 73.8 Å². The highest BCUT2D eigenvalue weighted by Gasteiger charge is 2.70. The highest BCUT2D eigenvalue weighted by molar-refractivity contribution is 5.70. The minimum atomic E-state index is -1.02. The van der Waals surface area contributed by atoms with E-state index in [0.29, 0.717) is 64.2 Å². The van der Waals surface area contributed by atoms with Crippen molar-refractivity contribution >= 4 is 5.97 Å². The molecule has 16 saturated heterocycles. The number of rotatable bonds is 4. The number of esters is 1. The summed E-state index contributed by atoms with van der Waals surface area (Å²) in [6.07, 6.45) is 2.17. The van der Waals surface area contributed by atoms with Crippen LogP contribution in [0.4, 0.5) is 0 Å². The monoisotopic (exact) mass is 1110 g/mol. The molecular formula is C60H86O19. The van der Waals surface area contributed by atoms with Gasteiger partial charge in [-0.25, -0.2) is 0 Å². The van der Waals surface area contributed by atoms with E-state index in [9.17, 15) is 20.1 Å². The number of carbonyl (C=O) groups is 1. The van der Waals surface area contributed by atoms with Crippen LogP contribution >= 0.6 is 0 Å². The molecule has 0 aliphatic carbocycles. The van der Waals surface area contributed by atoms with Crippen LogP contribution in [0.25, 0.3) is 0 Å². The quantitative estimate of drug-likeness (QED) is 0.251. The lowest BCUT2D eigenvalue weighted by atomic mass is 9.79. The molecular weight excluding hydrogens is 1020 g/mol. The van der Waals surface area contributed by atoms with Gasteiger partial charge >= 0.3 is 5.97 Å². The van der Waals surface area contributed by atoms with Crippen LogP contribution in [0.15, 0.2) is 24.3 Å². The van der Waals surface area contributed by atoms with Gasteiger partial charge in [-0.2, -0.15) is 0 Å². The molecule has 0 aromatic rings. The molecule has 440 valence electrons. The van der Waals surface area contributed by atoms with Crippen molar-refractivity contribution in [2.24, 2.45) is 23.7 Å². The van der Waals surface area contributed by atoms with Crippen molar-refractivity contribution in [1.29, 1.82) is 0 Å². The molecule has 1 unspecified atom stereocenters. The third kappa shape index (κ3) is 9.43. The summed E-state index contributed by atoms with van der Waals surface area (Å²) in [5, 5.41) is 30.3. The summed E-state index contributed by atoms with van der Waals surface area (Å²) in [5.74, 6) is -2.77. The van der Waals surface area contributed by atoms with Crippen LogP contribution in [0.3, 0.4) is 0 Å². The van der Waals surface area contributed by atoms with Gasteiger partial charge in [-0.15, -0.1) is 0 Å². The summed E-state index contributed by atoms with van der Waals surface area (Å²) in [4.78, 5) is 14.6. The highest BCUT2D eigenvalue weighted by atomic mass is 16.8. The van der Waals surface area contributed by atoms with Gasteiger partial charge in [-0.3, -0.25) is 4.79 Å². The van der Waals surface area contributed by atoms with Gasteiger partial charge in [0.15, 0.2) is 17.4 Å². The topological polar surface area (TPSA) is 216 Å². The molecule has 19 nitrogen and oxygen atoms in total. The Morgan fingerprint density at radius 1 is 0.506 bits per heavy atom. The molecule has 16 aliphatic heterocycles. The summed E-state index contributed by atoms with van der Waals surface area (Å²) in [6.45, 7) is 17.4. The molecule has 16 heterocycles. The summed E-state index contributed by atoms with van der Waals surface area (Å²) in [7, 11) is 0. The van der Waals surface area contributed by atoms with E-state index in [0.717, 1.165) is 49.7 Å². The largest absolute Gasteiger partial charge is 0.459 e. The molecule has 3 N–H and O–H groups in total. The van der Waals surface area contributed by atoms with Crippen molar-refractivity contribution in [2.75, 3.05) is 6.61 Å². The molecule has 16 fully saturated rings. The number of hydrogen-bond donors (Lipinski definition) is 3. The standard InChI is InChI=1S/C60H86O19/c1-26-13-33-7-9-37-27(2)14-35(65-37)11-12-58-23-46-54(78-58)55-56(72-46)57(79-58)53-38(69-55)10-8-34(67-53)16-48(64)73-52-31(6)51-43(68-42(52)17-39(66-33)30(26)5)19-41-45(71-51)22-60(74-41)24-47-50(77-60)29(4)21-59(76-47)20-28(3)49-44(75-59)18-40(70-49)36(63)15-32(62)25-61/h26,28-29,31-47,49-57,61-63H,2,5,7-25H2,1,3-4,6H3/t26-,28+,29+,31+,32-,33+,34-,35+,36+,37+,38+,39-,40?,41-,42+,43+,44+,45-,46-,47+,49+,50+,51+,52-,53+,54+,55+,56-,57+,58+,59-,60+/m1/s1. The van der Waals surface area contributed by atoms with Crippen molar-refractivity contribution in [3.63, 3.8) is 0 Å². The Bertz CT molecular complexity index is 2340. The number of aliphatic hydroxyl groups excluding tert-OH is 3. The van der Waals surface area contributed by atoms with E-state index in [4.69, 9.17) is 71.1 Å². The SMILES string of the molecule is C=C1C[C@@H]2CC[C@@]34C[C@H]5O[C@H]6[C@@H](O3)[C@H]3O[C@H](CC[C@@H]3O[C@H]6[C@H]5O4)CC(=O)O[C@@H]3[C@@H](C)[C@@H]4O[C@@H]5C[C@]6(C[C@@H]7O[C@]8(C[C@H](C)[C@@H]9OC([C@@H](O)C[C@@H](O)CO)C[C@@H]9O8)C[C@H](C)[C@@H]7O6)O[C@@H]5C[C@@H]4O[C@H]3C[C@H]3O[C@@H](CC[C@@H]1O2)C[C@@H](C)C3=C. The van der Waals surface area contributed by atoms with E-state index in [1.165, 1.54) is 0 Å². The summed E-state index contributed by atoms with van der Waals surface area (Å²) in [5.41, 5.74) is 2.15. The van der Waals surface area contributed by atoms with Gasteiger partial charge in [-0.1, -0.05) is 40.9 Å². The average Bonchev–Trinajstić information content (AvgIpc) is 4.25. The van der Waals surface area contributed by atoms with E-state index in [-0.39, 0.29) is 146 Å². The summed E-state index contributed by atoms with van der Waals surface area (Å²) < 4.78 is 104. The van der Waals surface area contributed by atoms with Gasteiger partial charge in [0.1, 0.15) is 36.6 Å². The van der Waals surface area contributed by atoms with Crippen LogP contribution in [-0.2, 0) is 75.8 Å². The maximum Gasteiger partial charge on any atom is 0.308 e. The fourth-order valence-corrected chi connectivity index (χ4v) is 18.2. The predicted molar refractivity (Wildman–Crippen MR) is 274 cm³/mol. The number of carbonyl (C=O) groups excluding carboxylic acids is 1. The summed E-state index contributed by atoms with van der Waals surface area (Å²) in [6, 6.07) is 0. The molecule has 16 rings (SSSR count). The number of hydrogen-bond acceptors (Lipinski definition) is 19. The predicted octanol–water partition coefficient (Wildman–Crippen LogP) is 4.93. The Morgan fingerprint density at radius 3 is 2.03 bits per heavy atom. The molecule has 19 heteroatoms. The van der Waals surface area contributed by atoms with Gasteiger partial charge in [0.25, 0.3) is 0 Å². The maximum absolute atomic E-state index is 14.6. The van der Waals surface area contributed by atoms with Gasteiger partial charge in [0, 0.05) is 70.1 Å². The first-order valence-corrected chi connectivity index (χ1v) is 30.8. The molecule has 0 aromatic carbocycles. The van der Waals surface area contributed by atoms with E-state index in [2.05, 4.69) is 40.9 Å². The Kier molecular flexibility index (Phi) is 13.8. The van der Waals surface area contributed by atoms with Crippen molar-refractivity contribution < 1.29 is 91.2 Å². The number of ether oxygens (including phenoxy) is 15. The Hall–Kier alpha value is -1.73. The summed E-state index contributed by atoms with van der Waals surface area (Å²) >= 11 is 0. The Morgan fingerprint density at radius 2 is 1.18 bits per heavy atom. The average molecular weight is 1110 g/mol. The normalized spacial score (nSPS) is 57.2. The fraction of sp³-hybridized carbons (Fsp3) is 0.917. The molecule has 12 bridgehead atoms. The minimum Gasteiger partial charge on any atom is -0.459 e. The van der Waals surface area contributed by atoms with Crippen LogP contribution in [0.2, 0.25) is 0 Å². The third-order valence-corrected chi connectivity index (χ3v) is 21.9. The van der Waals surface area contributed by atoms with E-state index < -0.39 is 72.8 Å². The smallest absolute Gasteiger partial charge is 0.308 e. The molecule has 3 spiro atoms. The van der Waals surface area contributed by atoms with Gasteiger partial charge in [0.2, 0.25) is 0 Å². The zero-order valence-corrected chi connectivity index (χ0v) is 46.5. The molecule has 79 heavy (non-hydrogen) atoms. The van der Waals surface area contributed by atoms with E-state index >= 15 is 0 Å². The van der Waals surface area contributed by atoms with Crippen LogP contribution in [0.5, 0.6) is 0 Å². The van der Waals surface area contributed by atoms with E-state index in [1.807, 2.05) is 0 Å². The van der Waals surface area contributed by atoms with Gasteiger partial charge in [0.05, 0.1) is 129 Å². The van der Waals surface area contributed by atoms with Crippen LogP contribution in [-0.4, -0.2) is 198 Å². The fourth-order valence-electron chi connectivity index (χ4n) is 18.2. The number of fused-ring (bicyclic) bond motifs is 10. The number of aliphatic hydroxyl groups is 3. The molecule has 0 amide bonds.